The summed E-state index contributed by atoms with van der Waals surface area (Å²) in [6, 6.07) is 8.16. The molecule has 0 bridgehead atoms. The van der Waals surface area contributed by atoms with Crippen LogP contribution in [0.25, 0.3) is 16.6 Å². The molecule has 1 unspecified atom stereocenters. The van der Waals surface area contributed by atoms with E-state index in [4.69, 9.17) is 9.73 Å². The second-order valence-corrected chi connectivity index (χ2v) is 8.60. The second-order valence-electron chi connectivity index (χ2n) is 8.60. The van der Waals surface area contributed by atoms with Crippen molar-refractivity contribution in [2.45, 2.75) is 46.0 Å². The van der Waals surface area contributed by atoms with Crippen LogP contribution >= 0.6 is 0 Å². The maximum absolute atomic E-state index is 12.2. The maximum atomic E-state index is 12.2. The number of aliphatic imine (C=N–C) groups is 1. The largest absolute Gasteiger partial charge is 0.378 e. The second kappa shape index (κ2) is 9.65. The van der Waals surface area contributed by atoms with Crippen molar-refractivity contribution in [2.24, 2.45) is 10.9 Å². The van der Waals surface area contributed by atoms with Gasteiger partial charge in [-0.15, -0.1) is 0 Å². The Morgan fingerprint density at radius 2 is 2.06 bits per heavy atom. The molecule has 2 heterocycles. The van der Waals surface area contributed by atoms with Gasteiger partial charge in [0.2, 0.25) is 0 Å². The number of benzene rings is 1. The number of ether oxygens (including phenoxy) is 1. The molecule has 0 radical (unpaired) electrons. The standard InChI is InChI=1S/C26H33N3O2/c1-4-7-25(28-14-16-31-17-15-28)27-26-23(18-30)22-8-5-6-9-24(22)29(26)21-12-10-20(11-13-21)19(2)3/h5-6,8-9,12,18,20H,2,4,7,10-11,13-17H2,1,3H3/b27-25+. The highest BCUT2D eigenvalue weighted by Gasteiger charge is 2.24. The third-order valence-electron chi connectivity index (χ3n) is 6.46. The minimum atomic E-state index is 0.534. The van der Waals surface area contributed by atoms with Crippen molar-refractivity contribution in [1.29, 1.82) is 0 Å². The minimum Gasteiger partial charge on any atom is -0.378 e. The van der Waals surface area contributed by atoms with Gasteiger partial charge in [0.15, 0.2) is 12.1 Å². The number of carbonyl (C=O) groups excluding carboxylic acids is 1. The summed E-state index contributed by atoms with van der Waals surface area (Å²) in [6.45, 7) is 11.6. The van der Waals surface area contributed by atoms with Gasteiger partial charge in [-0.1, -0.05) is 43.4 Å². The Kier molecular flexibility index (Phi) is 6.71. The number of fused-ring (bicyclic) bond motifs is 1. The Morgan fingerprint density at radius 3 is 2.71 bits per heavy atom. The van der Waals surface area contributed by atoms with E-state index in [-0.39, 0.29) is 0 Å². The molecule has 5 nitrogen and oxygen atoms in total. The van der Waals surface area contributed by atoms with Crippen molar-refractivity contribution >= 4 is 34.5 Å². The van der Waals surface area contributed by atoms with E-state index in [1.165, 1.54) is 11.3 Å². The summed E-state index contributed by atoms with van der Waals surface area (Å²) in [6.07, 6.45) is 8.21. The number of hydrogen-bond donors (Lipinski definition) is 0. The lowest BCUT2D eigenvalue weighted by atomic mass is 9.87. The summed E-state index contributed by atoms with van der Waals surface area (Å²) in [7, 11) is 0. The highest BCUT2D eigenvalue weighted by atomic mass is 16.5. The van der Waals surface area contributed by atoms with Gasteiger partial charge in [-0.25, -0.2) is 4.99 Å². The first kappa shape index (κ1) is 21.6. The molecule has 1 atom stereocenters. The SMILES string of the molecule is C=C(C)C1CC=C(n2c(/N=C(\CCC)N3CCOCC3)c(C=O)c3ccccc32)CC1. The average molecular weight is 420 g/mol. The van der Waals surface area contributed by atoms with E-state index in [9.17, 15) is 4.79 Å². The van der Waals surface area contributed by atoms with E-state index in [2.05, 4.69) is 42.0 Å². The molecular weight excluding hydrogens is 386 g/mol. The number of nitrogens with zero attached hydrogens (tertiary/aromatic N) is 3. The van der Waals surface area contributed by atoms with Crippen LogP contribution in [0.1, 0.15) is 56.3 Å². The number of morpholine rings is 1. The van der Waals surface area contributed by atoms with Gasteiger partial charge in [0, 0.05) is 30.6 Å². The zero-order valence-corrected chi connectivity index (χ0v) is 18.8. The Bertz CT molecular complexity index is 1020. The number of aldehydes is 1. The molecule has 1 aliphatic heterocycles. The van der Waals surface area contributed by atoms with Crippen LogP contribution in [0.5, 0.6) is 0 Å². The van der Waals surface area contributed by atoms with Crippen LogP contribution in [-0.2, 0) is 4.74 Å². The molecule has 2 aliphatic rings. The first-order valence-corrected chi connectivity index (χ1v) is 11.5. The third-order valence-corrected chi connectivity index (χ3v) is 6.46. The van der Waals surface area contributed by atoms with Gasteiger partial charge in [-0.3, -0.25) is 9.36 Å². The van der Waals surface area contributed by atoms with Crippen LogP contribution in [0, 0.1) is 5.92 Å². The number of hydrogen-bond acceptors (Lipinski definition) is 3. The van der Waals surface area contributed by atoms with E-state index in [1.807, 2.05) is 18.2 Å². The van der Waals surface area contributed by atoms with Crippen molar-refractivity contribution < 1.29 is 9.53 Å². The number of rotatable bonds is 6. The fourth-order valence-corrected chi connectivity index (χ4v) is 4.69. The smallest absolute Gasteiger partial charge is 0.154 e. The van der Waals surface area contributed by atoms with E-state index in [0.29, 0.717) is 11.5 Å². The topological polar surface area (TPSA) is 46.8 Å². The van der Waals surface area contributed by atoms with Crippen molar-refractivity contribution in [2.75, 3.05) is 26.3 Å². The van der Waals surface area contributed by atoms with Crippen LogP contribution < -0.4 is 0 Å². The molecule has 0 saturated carbocycles. The molecule has 31 heavy (non-hydrogen) atoms. The predicted octanol–water partition coefficient (Wildman–Crippen LogP) is 5.83. The molecule has 164 valence electrons. The maximum Gasteiger partial charge on any atom is 0.154 e. The molecule has 1 saturated heterocycles. The highest BCUT2D eigenvalue weighted by molar-refractivity contribution is 6.06. The number of carbonyl (C=O) groups is 1. The van der Waals surface area contributed by atoms with Crippen LogP contribution in [-0.4, -0.2) is 47.9 Å². The minimum absolute atomic E-state index is 0.534. The van der Waals surface area contributed by atoms with E-state index in [1.54, 1.807) is 0 Å². The van der Waals surface area contributed by atoms with Crippen molar-refractivity contribution in [1.82, 2.24) is 9.47 Å². The molecule has 0 amide bonds. The first-order valence-electron chi connectivity index (χ1n) is 11.5. The summed E-state index contributed by atoms with van der Waals surface area (Å²) in [5.74, 6) is 2.35. The normalized spacial score (nSPS) is 20.1. The van der Waals surface area contributed by atoms with Crippen molar-refractivity contribution in [3.63, 3.8) is 0 Å². The van der Waals surface area contributed by atoms with Gasteiger partial charge < -0.3 is 9.64 Å². The molecule has 1 aliphatic carbocycles. The van der Waals surface area contributed by atoms with Gasteiger partial charge in [-0.05, 0) is 44.6 Å². The van der Waals surface area contributed by atoms with Crippen LogP contribution in [0.2, 0.25) is 0 Å². The van der Waals surface area contributed by atoms with Crippen LogP contribution in [0.15, 0.2) is 47.5 Å². The molecule has 5 heteroatoms. The number of allylic oxidation sites excluding steroid dienone is 3. The third kappa shape index (κ3) is 4.38. The van der Waals surface area contributed by atoms with Gasteiger partial charge >= 0.3 is 0 Å². The zero-order valence-electron chi connectivity index (χ0n) is 18.8. The zero-order chi connectivity index (χ0) is 21.8. The van der Waals surface area contributed by atoms with E-state index >= 15 is 0 Å². The number of para-hydroxylation sites is 1. The molecule has 0 N–H and O–H groups in total. The van der Waals surface area contributed by atoms with Crippen molar-refractivity contribution in [3.05, 3.63) is 48.1 Å². The van der Waals surface area contributed by atoms with Crippen molar-refractivity contribution in [3.8, 4) is 0 Å². The number of amidine groups is 1. The lowest BCUT2D eigenvalue weighted by Gasteiger charge is -2.30. The summed E-state index contributed by atoms with van der Waals surface area (Å²) in [5.41, 5.74) is 4.22. The average Bonchev–Trinajstić information content (AvgIpc) is 3.12. The van der Waals surface area contributed by atoms with Crippen LogP contribution in [0.4, 0.5) is 5.82 Å². The Balaban J connectivity index is 1.86. The molecule has 0 spiro atoms. The quantitative estimate of drug-likeness (QED) is 0.256. The summed E-state index contributed by atoms with van der Waals surface area (Å²) in [5, 5.41) is 0.969. The molecule has 1 aromatic carbocycles. The lowest BCUT2D eigenvalue weighted by Crippen LogP contribution is -2.40. The molecule has 1 fully saturated rings. The van der Waals surface area contributed by atoms with Gasteiger partial charge in [0.1, 0.15) is 5.84 Å². The summed E-state index contributed by atoms with van der Waals surface area (Å²) < 4.78 is 7.77. The Morgan fingerprint density at radius 1 is 1.29 bits per heavy atom. The number of aromatic nitrogens is 1. The van der Waals surface area contributed by atoms with Gasteiger partial charge in [-0.2, -0.15) is 0 Å². The Hall–Kier alpha value is -2.66. The fourth-order valence-electron chi connectivity index (χ4n) is 4.69. The molecule has 2 aromatic rings. The predicted molar refractivity (Wildman–Crippen MR) is 128 cm³/mol. The van der Waals surface area contributed by atoms with Gasteiger partial charge in [0.05, 0.1) is 24.3 Å². The lowest BCUT2D eigenvalue weighted by molar-refractivity contribution is 0.0672. The van der Waals surface area contributed by atoms with Gasteiger partial charge in [0.25, 0.3) is 0 Å². The first-order chi connectivity index (χ1) is 15.1. The van der Waals surface area contributed by atoms with Crippen LogP contribution in [0.3, 0.4) is 0 Å². The molecule has 4 rings (SSSR count). The Labute approximate surface area is 185 Å². The monoisotopic (exact) mass is 419 g/mol. The molecular formula is C26H33N3O2. The summed E-state index contributed by atoms with van der Waals surface area (Å²) in [4.78, 5) is 19.7. The molecule has 1 aromatic heterocycles. The highest BCUT2D eigenvalue weighted by Crippen LogP contribution is 2.39. The van der Waals surface area contributed by atoms with E-state index in [0.717, 1.165) is 87.2 Å². The van der Waals surface area contributed by atoms with E-state index < -0.39 is 0 Å². The summed E-state index contributed by atoms with van der Waals surface area (Å²) >= 11 is 0. The fraction of sp³-hybridized carbons (Fsp3) is 0.462.